The Hall–Kier alpha value is -2.05. The first-order valence-electron chi connectivity index (χ1n) is 7.47. The van der Waals surface area contributed by atoms with Gasteiger partial charge in [0.15, 0.2) is 6.61 Å². The molecule has 1 aliphatic heterocycles. The zero-order valence-corrected chi connectivity index (χ0v) is 14.2. The van der Waals surface area contributed by atoms with E-state index in [1.807, 2.05) is 6.07 Å². The first-order valence-corrected chi connectivity index (χ1v) is 8.23. The van der Waals surface area contributed by atoms with Crippen LogP contribution in [0.15, 0.2) is 30.5 Å². The number of aromatic nitrogens is 2. The van der Waals surface area contributed by atoms with Crippen molar-refractivity contribution in [3.63, 3.8) is 0 Å². The second-order valence-corrected chi connectivity index (χ2v) is 6.28. The van der Waals surface area contributed by atoms with Gasteiger partial charge in [-0.15, -0.1) is 0 Å². The number of carbonyl (C=O) groups is 2. The van der Waals surface area contributed by atoms with Crippen LogP contribution < -0.4 is 0 Å². The number of halogens is 2. The van der Waals surface area contributed by atoms with Crippen molar-refractivity contribution in [1.82, 2.24) is 15.1 Å². The Balaban J connectivity index is 1.65. The van der Waals surface area contributed by atoms with E-state index in [4.69, 9.17) is 27.9 Å². The molecular weight excluding hydrogens is 353 g/mol. The van der Waals surface area contributed by atoms with Crippen LogP contribution in [0, 0.1) is 0 Å². The molecule has 0 bridgehead atoms. The van der Waals surface area contributed by atoms with E-state index in [-0.39, 0.29) is 24.2 Å². The third kappa shape index (κ3) is 3.55. The first-order chi connectivity index (χ1) is 11.6. The lowest BCUT2D eigenvalue weighted by Gasteiger charge is -2.25. The summed E-state index contributed by atoms with van der Waals surface area (Å²) >= 11 is 12.0. The Kier molecular flexibility index (Phi) is 5.06. The third-order valence-electron chi connectivity index (χ3n) is 3.95. The van der Waals surface area contributed by atoms with E-state index < -0.39 is 5.97 Å². The van der Waals surface area contributed by atoms with Crippen molar-refractivity contribution in [2.75, 3.05) is 13.2 Å². The van der Waals surface area contributed by atoms with Gasteiger partial charge in [-0.2, -0.15) is 5.10 Å². The van der Waals surface area contributed by atoms with Gasteiger partial charge in [-0.25, -0.2) is 4.79 Å². The van der Waals surface area contributed by atoms with E-state index in [2.05, 4.69) is 10.2 Å². The Labute approximate surface area is 148 Å². The van der Waals surface area contributed by atoms with E-state index >= 15 is 0 Å². The van der Waals surface area contributed by atoms with Crippen molar-refractivity contribution in [1.29, 1.82) is 0 Å². The quantitative estimate of drug-likeness (QED) is 0.841. The minimum absolute atomic E-state index is 0.0851. The van der Waals surface area contributed by atoms with Crippen molar-refractivity contribution in [2.45, 2.75) is 18.9 Å². The average molecular weight is 368 g/mol. The fourth-order valence-electron chi connectivity index (χ4n) is 2.79. The largest absolute Gasteiger partial charge is 0.451 e. The summed E-state index contributed by atoms with van der Waals surface area (Å²) in [5.74, 6) is -0.845. The van der Waals surface area contributed by atoms with Crippen LogP contribution in [0.1, 0.15) is 34.9 Å². The van der Waals surface area contributed by atoms with Gasteiger partial charge >= 0.3 is 5.97 Å². The molecule has 3 rings (SSSR count). The second-order valence-electron chi connectivity index (χ2n) is 5.47. The highest BCUT2D eigenvalue weighted by Gasteiger charge is 2.30. The number of benzene rings is 1. The molecule has 0 radical (unpaired) electrons. The number of rotatable bonds is 4. The van der Waals surface area contributed by atoms with E-state index in [1.165, 1.54) is 12.3 Å². The molecule has 1 saturated heterocycles. The zero-order valence-electron chi connectivity index (χ0n) is 12.7. The molecule has 1 aromatic carbocycles. The summed E-state index contributed by atoms with van der Waals surface area (Å²) in [7, 11) is 0. The lowest BCUT2D eigenvalue weighted by Crippen LogP contribution is -2.34. The highest BCUT2D eigenvalue weighted by Crippen LogP contribution is 2.34. The number of hydrogen-bond donors (Lipinski definition) is 1. The predicted molar refractivity (Wildman–Crippen MR) is 89.0 cm³/mol. The number of carbonyl (C=O) groups excluding carboxylic acids is 2. The van der Waals surface area contributed by atoms with Crippen LogP contribution in [0.2, 0.25) is 10.0 Å². The van der Waals surface area contributed by atoms with Gasteiger partial charge in [0.2, 0.25) is 0 Å². The number of amides is 1. The van der Waals surface area contributed by atoms with Crippen LogP contribution in [0.4, 0.5) is 0 Å². The normalized spacial score (nSPS) is 17.1. The van der Waals surface area contributed by atoms with Crippen LogP contribution in [-0.2, 0) is 9.53 Å². The van der Waals surface area contributed by atoms with E-state index in [0.29, 0.717) is 16.6 Å². The van der Waals surface area contributed by atoms with E-state index in [1.54, 1.807) is 17.0 Å². The van der Waals surface area contributed by atoms with Crippen LogP contribution in [0.25, 0.3) is 0 Å². The molecule has 1 N–H and O–H groups in total. The molecular formula is C16H15Cl2N3O3. The number of H-pyrrole nitrogens is 1. The Morgan fingerprint density at radius 3 is 2.83 bits per heavy atom. The summed E-state index contributed by atoms with van der Waals surface area (Å²) in [4.78, 5) is 25.9. The third-order valence-corrected chi connectivity index (χ3v) is 4.69. The molecule has 6 nitrogen and oxygen atoms in total. The van der Waals surface area contributed by atoms with Crippen molar-refractivity contribution in [3.8, 4) is 0 Å². The Morgan fingerprint density at radius 1 is 1.29 bits per heavy atom. The topological polar surface area (TPSA) is 75.3 Å². The molecule has 126 valence electrons. The first kappa shape index (κ1) is 16.8. The molecule has 1 fully saturated rings. The summed E-state index contributed by atoms with van der Waals surface area (Å²) in [6, 6.07) is 6.76. The number of nitrogens with one attached hydrogen (secondary N) is 1. The van der Waals surface area contributed by atoms with Gasteiger partial charge in [0.05, 0.1) is 16.1 Å². The van der Waals surface area contributed by atoms with Crippen LogP contribution in [0.3, 0.4) is 0 Å². The van der Waals surface area contributed by atoms with Gasteiger partial charge < -0.3 is 9.64 Å². The summed E-state index contributed by atoms with van der Waals surface area (Å²) in [6.07, 6.45) is 3.16. The maximum atomic E-state index is 12.4. The predicted octanol–water partition coefficient (Wildman–Crippen LogP) is 3.24. The van der Waals surface area contributed by atoms with Crippen LogP contribution in [-0.4, -0.2) is 40.1 Å². The highest BCUT2D eigenvalue weighted by molar-refractivity contribution is 6.42. The molecule has 1 amide bonds. The summed E-state index contributed by atoms with van der Waals surface area (Å²) in [5.41, 5.74) is 1.14. The maximum absolute atomic E-state index is 12.4. The van der Waals surface area contributed by atoms with Crippen molar-refractivity contribution >= 4 is 35.1 Å². The maximum Gasteiger partial charge on any atom is 0.356 e. The molecule has 1 atom stereocenters. The van der Waals surface area contributed by atoms with Gasteiger partial charge in [0, 0.05) is 12.7 Å². The standard InChI is InChI=1S/C16H15Cl2N3O3/c17-11-4-3-10(8-12(11)18)14-2-1-7-21(14)15(22)9-24-16(23)13-5-6-19-20-13/h3-6,8,14H,1-2,7,9H2,(H,19,20). The average Bonchev–Trinajstić information content (AvgIpc) is 3.26. The van der Waals surface area contributed by atoms with E-state index in [0.717, 1.165) is 18.4 Å². The summed E-state index contributed by atoms with van der Waals surface area (Å²) < 4.78 is 5.04. The Morgan fingerprint density at radius 2 is 2.12 bits per heavy atom. The fourth-order valence-corrected chi connectivity index (χ4v) is 3.10. The van der Waals surface area contributed by atoms with Crippen molar-refractivity contribution < 1.29 is 14.3 Å². The smallest absolute Gasteiger partial charge is 0.356 e. The number of hydrogen-bond acceptors (Lipinski definition) is 4. The zero-order chi connectivity index (χ0) is 17.1. The fraction of sp³-hybridized carbons (Fsp3) is 0.312. The number of aromatic amines is 1. The number of esters is 1. The van der Waals surface area contributed by atoms with Gasteiger partial charge in [-0.05, 0) is 36.6 Å². The lowest BCUT2D eigenvalue weighted by atomic mass is 10.0. The van der Waals surface area contributed by atoms with E-state index in [9.17, 15) is 9.59 Å². The SMILES string of the molecule is O=C(OCC(=O)N1CCCC1c1ccc(Cl)c(Cl)c1)c1ccn[nH]1. The molecule has 1 aliphatic rings. The molecule has 0 saturated carbocycles. The van der Waals surface area contributed by atoms with Gasteiger partial charge in [0.25, 0.3) is 5.91 Å². The van der Waals surface area contributed by atoms with Gasteiger partial charge in [-0.1, -0.05) is 29.3 Å². The molecule has 2 aromatic rings. The summed E-state index contributed by atoms with van der Waals surface area (Å²) in [6.45, 7) is 0.307. The summed E-state index contributed by atoms with van der Waals surface area (Å²) in [5, 5.41) is 7.10. The monoisotopic (exact) mass is 367 g/mol. The van der Waals surface area contributed by atoms with Crippen LogP contribution in [0.5, 0.6) is 0 Å². The molecule has 0 aliphatic carbocycles. The molecule has 0 spiro atoms. The number of likely N-dealkylation sites (tertiary alicyclic amines) is 1. The molecule has 24 heavy (non-hydrogen) atoms. The van der Waals surface area contributed by atoms with Gasteiger partial charge in [-0.3, -0.25) is 9.89 Å². The van der Waals surface area contributed by atoms with Crippen molar-refractivity contribution in [2.24, 2.45) is 0 Å². The minimum Gasteiger partial charge on any atom is -0.451 e. The molecule has 2 heterocycles. The molecule has 1 unspecified atom stereocenters. The number of ether oxygens (including phenoxy) is 1. The molecule has 1 aromatic heterocycles. The van der Waals surface area contributed by atoms with Crippen LogP contribution >= 0.6 is 23.2 Å². The highest BCUT2D eigenvalue weighted by atomic mass is 35.5. The van der Waals surface area contributed by atoms with Crippen molar-refractivity contribution in [3.05, 3.63) is 51.8 Å². The molecule has 8 heteroatoms. The lowest BCUT2D eigenvalue weighted by molar-refractivity contribution is -0.135. The minimum atomic E-state index is -0.605. The second kappa shape index (κ2) is 7.23. The van der Waals surface area contributed by atoms with Gasteiger partial charge in [0.1, 0.15) is 5.69 Å². The Bertz CT molecular complexity index is 749. The number of nitrogens with zero attached hydrogens (tertiary/aromatic N) is 2.